The Bertz CT molecular complexity index is 1000. The zero-order valence-corrected chi connectivity index (χ0v) is 17.4. The Balaban J connectivity index is 1.71. The summed E-state index contributed by atoms with van der Waals surface area (Å²) in [5, 5.41) is 2.20. The molecule has 144 valence electrons. The molecule has 3 rings (SSSR count). The van der Waals surface area contributed by atoms with Crippen LogP contribution in [0.1, 0.15) is 20.8 Å². The van der Waals surface area contributed by atoms with Gasteiger partial charge in [0.2, 0.25) is 0 Å². The van der Waals surface area contributed by atoms with Crippen LogP contribution in [0, 0.1) is 0 Å². The number of aromatic nitrogens is 1. The highest BCUT2D eigenvalue weighted by Gasteiger charge is 2.17. The molecule has 2 amide bonds. The van der Waals surface area contributed by atoms with Gasteiger partial charge in [-0.1, -0.05) is 22.0 Å². The monoisotopic (exact) mass is 461 g/mol. The number of rotatable bonds is 5. The summed E-state index contributed by atoms with van der Waals surface area (Å²) >= 11 is 4.59. The highest BCUT2D eigenvalue weighted by atomic mass is 79.9. The van der Waals surface area contributed by atoms with Gasteiger partial charge in [0.15, 0.2) is 11.5 Å². The number of para-hydroxylation sites is 1. The third-order valence-corrected chi connectivity index (χ3v) is 5.17. The lowest BCUT2D eigenvalue weighted by Gasteiger charge is -2.10. The maximum Gasteiger partial charge on any atom is 0.289 e. The van der Waals surface area contributed by atoms with Crippen molar-refractivity contribution in [1.29, 1.82) is 0 Å². The van der Waals surface area contributed by atoms with Gasteiger partial charge in [-0.3, -0.25) is 20.4 Å². The molecule has 0 bridgehead atoms. The second kappa shape index (κ2) is 8.85. The lowest BCUT2D eigenvalue weighted by molar-refractivity contribution is 0.0844. The first-order valence-corrected chi connectivity index (χ1v) is 9.74. The van der Waals surface area contributed by atoms with Crippen LogP contribution in [-0.2, 0) is 0 Å². The molecule has 0 aliphatic rings. The Morgan fingerprint density at radius 3 is 2.39 bits per heavy atom. The number of carbonyl (C=O) groups excluding carboxylic acids is 2. The largest absolute Gasteiger partial charge is 0.493 e. The molecule has 0 fully saturated rings. The number of benzene rings is 2. The molecule has 0 saturated heterocycles. The zero-order valence-electron chi connectivity index (χ0n) is 15.0. The third kappa shape index (κ3) is 4.32. The normalized spacial score (nSPS) is 10.2. The highest BCUT2D eigenvalue weighted by molar-refractivity contribution is 9.10. The van der Waals surface area contributed by atoms with Gasteiger partial charge in [0.25, 0.3) is 11.8 Å². The van der Waals surface area contributed by atoms with Crippen LogP contribution in [0.3, 0.4) is 0 Å². The van der Waals surface area contributed by atoms with Gasteiger partial charge in [-0.25, -0.2) is 4.98 Å². The maximum atomic E-state index is 12.3. The van der Waals surface area contributed by atoms with Crippen molar-refractivity contribution in [1.82, 2.24) is 15.8 Å². The molecule has 1 aromatic heterocycles. The van der Waals surface area contributed by atoms with Crippen LogP contribution >= 0.6 is 27.3 Å². The van der Waals surface area contributed by atoms with Crippen LogP contribution in [-0.4, -0.2) is 31.0 Å². The molecule has 0 saturated carbocycles. The molecule has 0 unspecified atom stereocenters. The topological polar surface area (TPSA) is 89.5 Å². The zero-order chi connectivity index (χ0) is 20.1. The number of nitrogens with zero attached hydrogens (tertiary/aromatic N) is 1. The van der Waals surface area contributed by atoms with Crippen molar-refractivity contribution in [2.75, 3.05) is 14.2 Å². The predicted octanol–water partition coefficient (Wildman–Crippen LogP) is 3.66. The summed E-state index contributed by atoms with van der Waals surface area (Å²) in [6, 6.07) is 12.2. The number of amides is 2. The Morgan fingerprint density at radius 2 is 1.71 bits per heavy atom. The van der Waals surface area contributed by atoms with E-state index in [0.717, 1.165) is 4.47 Å². The van der Waals surface area contributed by atoms with E-state index in [-0.39, 0.29) is 5.69 Å². The Labute approximate surface area is 173 Å². The first kappa shape index (κ1) is 19.8. The number of hydrogen-bond donors (Lipinski definition) is 2. The molecule has 0 radical (unpaired) electrons. The fourth-order valence-corrected chi connectivity index (χ4v) is 3.49. The predicted molar refractivity (Wildman–Crippen MR) is 110 cm³/mol. The highest BCUT2D eigenvalue weighted by Crippen LogP contribution is 2.38. The van der Waals surface area contributed by atoms with Gasteiger partial charge in [-0.15, -0.1) is 11.3 Å². The van der Waals surface area contributed by atoms with E-state index in [1.165, 1.54) is 11.3 Å². The minimum atomic E-state index is -0.519. The third-order valence-electron chi connectivity index (χ3n) is 3.77. The van der Waals surface area contributed by atoms with Crippen molar-refractivity contribution in [2.24, 2.45) is 0 Å². The first-order chi connectivity index (χ1) is 13.5. The summed E-state index contributed by atoms with van der Waals surface area (Å²) in [6.07, 6.45) is 0. The number of hydrazine groups is 1. The van der Waals surface area contributed by atoms with Crippen molar-refractivity contribution in [3.05, 3.63) is 63.6 Å². The standard InChI is InChI=1S/C19H16BrN3O4S/c1-26-15-5-3-4-13(16(15)27-2)19-21-14(10-28-19)18(25)23-22-17(24)11-6-8-12(20)9-7-11/h3-10H,1-2H3,(H,22,24)(H,23,25). The van der Waals surface area contributed by atoms with Gasteiger partial charge in [0.05, 0.1) is 19.8 Å². The number of ether oxygens (including phenoxy) is 2. The lowest BCUT2D eigenvalue weighted by Crippen LogP contribution is -2.41. The van der Waals surface area contributed by atoms with Gasteiger partial charge in [0, 0.05) is 15.4 Å². The second-order valence-corrected chi connectivity index (χ2v) is 7.27. The van der Waals surface area contributed by atoms with Crippen LogP contribution in [0.25, 0.3) is 10.6 Å². The summed E-state index contributed by atoms with van der Waals surface area (Å²) in [6.45, 7) is 0. The average Bonchev–Trinajstić information content (AvgIpc) is 3.21. The maximum absolute atomic E-state index is 12.3. The molecule has 2 N–H and O–H groups in total. The molecule has 2 aromatic carbocycles. The van der Waals surface area contributed by atoms with Gasteiger partial charge in [-0.2, -0.15) is 0 Å². The molecule has 0 aliphatic carbocycles. The molecule has 0 spiro atoms. The van der Waals surface area contributed by atoms with E-state index in [9.17, 15) is 9.59 Å². The number of thiazole rings is 1. The van der Waals surface area contributed by atoms with E-state index in [1.807, 2.05) is 12.1 Å². The Morgan fingerprint density at radius 1 is 1.00 bits per heavy atom. The van der Waals surface area contributed by atoms with Crippen LogP contribution in [0.2, 0.25) is 0 Å². The molecule has 0 aliphatic heterocycles. The number of nitrogens with one attached hydrogen (secondary N) is 2. The molecule has 1 heterocycles. The minimum absolute atomic E-state index is 0.181. The number of carbonyl (C=O) groups is 2. The van der Waals surface area contributed by atoms with Crippen molar-refractivity contribution in [3.8, 4) is 22.1 Å². The van der Waals surface area contributed by atoms with Crippen molar-refractivity contribution >= 4 is 39.1 Å². The molecule has 28 heavy (non-hydrogen) atoms. The molecular weight excluding hydrogens is 446 g/mol. The smallest absolute Gasteiger partial charge is 0.289 e. The van der Waals surface area contributed by atoms with Crippen molar-refractivity contribution in [2.45, 2.75) is 0 Å². The molecule has 9 heteroatoms. The van der Waals surface area contributed by atoms with Gasteiger partial charge in [-0.05, 0) is 36.4 Å². The van der Waals surface area contributed by atoms with E-state index in [0.29, 0.717) is 27.6 Å². The average molecular weight is 462 g/mol. The fourth-order valence-electron chi connectivity index (χ4n) is 2.41. The quantitative estimate of drug-likeness (QED) is 0.565. The van der Waals surface area contributed by atoms with Crippen LogP contribution < -0.4 is 20.3 Å². The molecule has 0 atom stereocenters. The van der Waals surface area contributed by atoms with Gasteiger partial charge >= 0.3 is 0 Å². The van der Waals surface area contributed by atoms with Crippen LogP contribution in [0.15, 0.2) is 52.3 Å². The van der Waals surface area contributed by atoms with Crippen LogP contribution in [0.5, 0.6) is 11.5 Å². The first-order valence-electron chi connectivity index (χ1n) is 8.06. The van der Waals surface area contributed by atoms with E-state index < -0.39 is 11.8 Å². The summed E-state index contributed by atoms with van der Waals surface area (Å²) < 4.78 is 11.6. The molecular formula is C19H16BrN3O4S. The Kier molecular flexibility index (Phi) is 6.27. The van der Waals surface area contributed by atoms with Crippen molar-refractivity contribution < 1.29 is 19.1 Å². The number of halogens is 1. The summed E-state index contributed by atoms with van der Waals surface area (Å²) in [5.41, 5.74) is 6.05. The molecule has 3 aromatic rings. The van der Waals surface area contributed by atoms with E-state index in [4.69, 9.17) is 9.47 Å². The van der Waals surface area contributed by atoms with Crippen molar-refractivity contribution in [3.63, 3.8) is 0 Å². The molecule has 7 nitrogen and oxygen atoms in total. The summed E-state index contributed by atoms with van der Waals surface area (Å²) in [4.78, 5) is 28.7. The van der Waals surface area contributed by atoms with Gasteiger partial charge < -0.3 is 9.47 Å². The summed E-state index contributed by atoms with van der Waals surface area (Å²) in [7, 11) is 3.09. The minimum Gasteiger partial charge on any atom is -0.493 e. The van der Waals surface area contributed by atoms with Gasteiger partial charge in [0.1, 0.15) is 10.7 Å². The van der Waals surface area contributed by atoms with E-state index in [2.05, 4.69) is 31.8 Å². The van der Waals surface area contributed by atoms with E-state index in [1.54, 1.807) is 49.9 Å². The SMILES string of the molecule is COc1cccc(-c2nc(C(=O)NNC(=O)c3ccc(Br)cc3)cs2)c1OC. The second-order valence-electron chi connectivity index (χ2n) is 5.49. The number of methoxy groups -OCH3 is 2. The van der Waals surface area contributed by atoms with E-state index >= 15 is 0 Å². The lowest BCUT2D eigenvalue weighted by atomic mass is 10.2. The summed E-state index contributed by atoms with van der Waals surface area (Å²) in [5.74, 6) is 0.165. The Hall–Kier alpha value is -2.91. The number of hydrogen-bond acceptors (Lipinski definition) is 6. The van der Waals surface area contributed by atoms with Crippen LogP contribution in [0.4, 0.5) is 0 Å². The fraction of sp³-hybridized carbons (Fsp3) is 0.105.